The van der Waals surface area contributed by atoms with Gasteiger partial charge in [-0.05, 0) is 72.9 Å². The number of carbonyl (C=O) groups excluding carboxylic acids is 3. The lowest BCUT2D eigenvalue weighted by Gasteiger charge is -2.25. The number of hydrogen-bond acceptors (Lipinski definition) is 7. The minimum Gasteiger partial charge on any atom is -0.497 e. The van der Waals surface area contributed by atoms with Gasteiger partial charge in [0.1, 0.15) is 11.5 Å². The van der Waals surface area contributed by atoms with E-state index in [1.807, 2.05) is 62.4 Å². The first-order chi connectivity index (χ1) is 21.2. The van der Waals surface area contributed by atoms with Gasteiger partial charge in [-0.1, -0.05) is 38.1 Å². The highest BCUT2D eigenvalue weighted by Gasteiger charge is 2.25. The van der Waals surface area contributed by atoms with Gasteiger partial charge in [-0.25, -0.2) is 0 Å². The molecule has 3 rings (SSSR count). The molecule has 0 saturated carbocycles. The number of carbonyl (C=O) groups is 3. The van der Waals surface area contributed by atoms with E-state index in [4.69, 9.17) is 15.2 Å². The number of aliphatic hydroxyl groups is 1. The maximum Gasteiger partial charge on any atom is 0.253 e. The Morgan fingerprint density at radius 2 is 1.41 bits per heavy atom. The standard InChI is InChI=1S/C34H44N4O6/c1-5-13-38(14-6-2)34(42)27-19-25(32(35)40)18-26(20-27)33(41)37-30(17-23-9-7-11-28(15-23)43-3)31(39)22-36-21-24-10-8-12-29(16-24)44-4/h7-12,15-16,18-20,30-31,36,39H,5-6,13-14,17,21-22H2,1-4H3,(H2,35,40)(H,37,41). The zero-order valence-electron chi connectivity index (χ0n) is 26.0. The topological polar surface area (TPSA) is 143 Å². The zero-order chi connectivity index (χ0) is 32.1. The van der Waals surface area contributed by atoms with E-state index < -0.39 is 24.0 Å². The number of rotatable bonds is 17. The first-order valence-electron chi connectivity index (χ1n) is 14.9. The Kier molecular flexibility index (Phi) is 13.2. The van der Waals surface area contributed by atoms with E-state index in [1.165, 1.54) is 18.2 Å². The van der Waals surface area contributed by atoms with E-state index in [1.54, 1.807) is 19.1 Å². The lowest BCUT2D eigenvalue weighted by Crippen LogP contribution is -2.48. The molecule has 0 aliphatic rings. The Bertz CT molecular complexity index is 1410. The minimum atomic E-state index is -0.985. The molecule has 44 heavy (non-hydrogen) atoms. The third kappa shape index (κ3) is 9.82. The fourth-order valence-electron chi connectivity index (χ4n) is 4.94. The second-order valence-corrected chi connectivity index (χ2v) is 10.6. The molecule has 5 N–H and O–H groups in total. The van der Waals surface area contributed by atoms with Crippen LogP contribution in [0.4, 0.5) is 0 Å². The van der Waals surface area contributed by atoms with Crippen LogP contribution in [0.15, 0.2) is 66.7 Å². The summed E-state index contributed by atoms with van der Waals surface area (Å²) >= 11 is 0. The number of aliphatic hydroxyl groups excluding tert-OH is 1. The van der Waals surface area contributed by atoms with Crippen molar-refractivity contribution in [2.75, 3.05) is 33.9 Å². The van der Waals surface area contributed by atoms with Crippen LogP contribution in [0.25, 0.3) is 0 Å². The molecule has 0 radical (unpaired) electrons. The average molecular weight is 605 g/mol. The third-order valence-electron chi connectivity index (χ3n) is 7.19. The largest absolute Gasteiger partial charge is 0.497 e. The summed E-state index contributed by atoms with van der Waals surface area (Å²) < 4.78 is 10.6. The lowest BCUT2D eigenvalue weighted by atomic mass is 9.99. The highest BCUT2D eigenvalue weighted by atomic mass is 16.5. The summed E-state index contributed by atoms with van der Waals surface area (Å²) in [5.74, 6) is -0.184. The van der Waals surface area contributed by atoms with Gasteiger partial charge in [0.05, 0.1) is 26.4 Å². The van der Waals surface area contributed by atoms with Gasteiger partial charge in [0.15, 0.2) is 0 Å². The van der Waals surface area contributed by atoms with Crippen LogP contribution in [0.5, 0.6) is 11.5 Å². The van der Waals surface area contributed by atoms with Gasteiger partial charge in [-0.15, -0.1) is 0 Å². The molecule has 10 heteroatoms. The molecular formula is C34H44N4O6. The van der Waals surface area contributed by atoms with Crippen LogP contribution in [0.1, 0.15) is 68.9 Å². The van der Waals surface area contributed by atoms with Gasteiger partial charge in [-0.2, -0.15) is 0 Å². The number of primary amides is 1. The van der Waals surface area contributed by atoms with Crippen molar-refractivity contribution in [2.24, 2.45) is 5.73 Å². The van der Waals surface area contributed by atoms with Crippen molar-refractivity contribution < 1.29 is 29.0 Å². The van der Waals surface area contributed by atoms with Gasteiger partial charge < -0.3 is 35.8 Å². The molecule has 10 nitrogen and oxygen atoms in total. The molecule has 0 heterocycles. The normalized spacial score (nSPS) is 12.2. The Morgan fingerprint density at radius 3 is 2.00 bits per heavy atom. The Morgan fingerprint density at radius 1 is 0.841 bits per heavy atom. The van der Waals surface area contributed by atoms with Crippen molar-refractivity contribution in [1.82, 2.24) is 15.5 Å². The molecule has 0 bridgehead atoms. The molecule has 0 saturated heterocycles. The number of nitrogens with two attached hydrogens (primary N) is 1. The molecule has 3 aromatic carbocycles. The summed E-state index contributed by atoms with van der Waals surface area (Å²) in [6.45, 7) is 5.72. The number of ether oxygens (including phenoxy) is 2. The number of hydrogen-bond donors (Lipinski definition) is 4. The SMILES string of the molecule is CCCN(CCC)C(=O)c1cc(C(N)=O)cc(C(=O)NC(Cc2cccc(OC)c2)C(O)CNCc2cccc(OC)c2)c1. The van der Waals surface area contributed by atoms with Crippen molar-refractivity contribution in [3.63, 3.8) is 0 Å². The summed E-state index contributed by atoms with van der Waals surface area (Å²) in [7, 11) is 3.18. The first-order valence-corrected chi connectivity index (χ1v) is 14.9. The Balaban J connectivity index is 1.86. The van der Waals surface area contributed by atoms with Crippen LogP contribution >= 0.6 is 0 Å². The molecule has 0 spiro atoms. The van der Waals surface area contributed by atoms with Crippen LogP contribution in [-0.2, 0) is 13.0 Å². The maximum absolute atomic E-state index is 13.7. The monoisotopic (exact) mass is 604 g/mol. The Hall–Kier alpha value is -4.41. The summed E-state index contributed by atoms with van der Waals surface area (Å²) in [6.07, 6.45) is 0.850. The molecule has 2 atom stereocenters. The van der Waals surface area contributed by atoms with Crippen molar-refractivity contribution in [2.45, 2.75) is 51.8 Å². The van der Waals surface area contributed by atoms with Gasteiger partial charge in [-0.3, -0.25) is 14.4 Å². The van der Waals surface area contributed by atoms with Crippen LogP contribution in [0, 0.1) is 0 Å². The summed E-state index contributed by atoms with van der Waals surface area (Å²) in [5, 5.41) is 17.5. The molecule has 3 aromatic rings. The van der Waals surface area contributed by atoms with Crippen LogP contribution in [0.2, 0.25) is 0 Å². The van der Waals surface area contributed by atoms with Crippen molar-refractivity contribution >= 4 is 17.7 Å². The number of nitrogens with zero attached hydrogens (tertiary/aromatic N) is 1. The summed E-state index contributed by atoms with van der Waals surface area (Å²) in [4.78, 5) is 40.9. The van der Waals surface area contributed by atoms with Gasteiger partial charge in [0.25, 0.3) is 11.8 Å². The number of methoxy groups -OCH3 is 2. The van der Waals surface area contributed by atoms with Crippen LogP contribution in [0.3, 0.4) is 0 Å². The van der Waals surface area contributed by atoms with Crippen molar-refractivity contribution in [3.8, 4) is 11.5 Å². The van der Waals surface area contributed by atoms with Crippen LogP contribution in [-0.4, -0.2) is 73.7 Å². The lowest BCUT2D eigenvalue weighted by molar-refractivity contribution is 0.0755. The first kappa shape index (κ1) is 34.1. The van der Waals surface area contributed by atoms with E-state index in [9.17, 15) is 19.5 Å². The number of nitrogens with one attached hydrogen (secondary N) is 2. The summed E-state index contributed by atoms with van der Waals surface area (Å²) in [6, 6.07) is 18.5. The second kappa shape index (κ2) is 17.0. The van der Waals surface area contributed by atoms with E-state index >= 15 is 0 Å². The van der Waals surface area contributed by atoms with E-state index in [2.05, 4.69) is 10.6 Å². The number of benzene rings is 3. The predicted octanol–water partition coefficient (Wildman–Crippen LogP) is 3.56. The fourth-order valence-corrected chi connectivity index (χ4v) is 4.94. The molecule has 2 unspecified atom stereocenters. The van der Waals surface area contributed by atoms with E-state index in [0.29, 0.717) is 31.8 Å². The van der Waals surface area contributed by atoms with Crippen LogP contribution < -0.4 is 25.8 Å². The van der Waals surface area contributed by atoms with Gasteiger partial charge in [0, 0.05) is 42.9 Å². The molecule has 0 fully saturated rings. The third-order valence-corrected chi connectivity index (χ3v) is 7.19. The zero-order valence-corrected chi connectivity index (χ0v) is 26.0. The summed E-state index contributed by atoms with van der Waals surface area (Å²) in [5.41, 5.74) is 7.77. The van der Waals surface area contributed by atoms with Gasteiger partial charge >= 0.3 is 0 Å². The quantitative estimate of drug-likeness (QED) is 0.185. The maximum atomic E-state index is 13.7. The minimum absolute atomic E-state index is 0.0544. The van der Waals surface area contributed by atoms with E-state index in [-0.39, 0.29) is 29.1 Å². The fraction of sp³-hybridized carbons (Fsp3) is 0.382. The second-order valence-electron chi connectivity index (χ2n) is 10.6. The predicted molar refractivity (Wildman–Crippen MR) is 170 cm³/mol. The number of amides is 3. The highest BCUT2D eigenvalue weighted by Crippen LogP contribution is 2.18. The Labute approximate surface area is 259 Å². The smallest absolute Gasteiger partial charge is 0.253 e. The molecule has 3 amide bonds. The van der Waals surface area contributed by atoms with Crippen molar-refractivity contribution in [1.29, 1.82) is 0 Å². The highest BCUT2D eigenvalue weighted by molar-refractivity contribution is 6.04. The molecule has 0 aliphatic heterocycles. The molecule has 236 valence electrons. The average Bonchev–Trinajstić information content (AvgIpc) is 3.03. The van der Waals surface area contributed by atoms with E-state index in [0.717, 1.165) is 29.7 Å². The van der Waals surface area contributed by atoms with Gasteiger partial charge in [0.2, 0.25) is 5.91 Å². The molecular weight excluding hydrogens is 560 g/mol. The van der Waals surface area contributed by atoms with Crippen molar-refractivity contribution in [3.05, 3.63) is 94.5 Å². The molecule has 0 aromatic heterocycles. The molecule has 0 aliphatic carbocycles.